The fourth-order valence-electron chi connectivity index (χ4n) is 2.24. The van der Waals surface area contributed by atoms with Gasteiger partial charge in [0.25, 0.3) is 5.91 Å². The van der Waals surface area contributed by atoms with Gasteiger partial charge in [0.15, 0.2) is 0 Å². The van der Waals surface area contributed by atoms with Gasteiger partial charge in [0, 0.05) is 31.5 Å². The molecule has 5 nitrogen and oxygen atoms in total. The maximum atomic E-state index is 12.4. The standard InChI is InChI=1S/C17H18N2O3/c1-3-8-19(2)16(20)14-9-13(10-15(11-14)17(21)22)12-4-6-18-7-5-12/h4-7,9-11H,3,8H2,1-2H3,(H,21,22). The van der Waals surface area contributed by atoms with Crippen molar-refractivity contribution in [3.05, 3.63) is 53.9 Å². The van der Waals surface area contributed by atoms with Gasteiger partial charge in [-0.15, -0.1) is 0 Å². The summed E-state index contributed by atoms with van der Waals surface area (Å²) in [6.07, 6.45) is 4.11. The van der Waals surface area contributed by atoms with E-state index in [2.05, 4.69) is 4.98 Å². The molecule has 1 aromatic heterocycles. The van der Waals surface area contributed by atoms with Crippen molar-refractivity contribution in [2.45, 2.75) is 13.3 Å². The summed E-state index contributed by atoms with van der Waals surface area (Å²) in [5, 5.41) is 9.27. The molecule has 1 aromatic carbocycles. The molecule has 22 heavy (non-hydrogen) atoms. The zero-order valence-electron chi connectivity index (χ0n) is 12.6. The fraction of sp³-hybridized carbons (Fsp3) is 0.235. The van der Waals surface area contributed by atoms with Gasteiger partial charge in [-0.05, 0) is 47.9 Å². The smallest absolute Gasteiger partial charge is 0.335 e. The Morgan fingerprint density at radius 2 is 1.73 bits per heavy atom. The van der Waals surface area contributed by atoms with Crippen LogP contribution in [-0.2, 0) is 0 Å². The monoisotopic (exact) mass is 298 g/mol. The van der Waals surface area contributed by atoms with Crippen LogP contribution in [0.5, 0.6) is 0 Å². The molecule has 0 aliphatic rings. The number of carboxylic acids is 1. The van der Waals surface area contributed by atoms with Crippen molar-refractivity contribution in [1.29, 1.82) is 0 Å². The van der Waals surface area contributed by atoms with E-state index in [9.17, 15) is 14.7 Å². The molecular formula is C17H18N2O3. The van der Waals surface area contributed by atoms with E-state index >= 15 is 0 Å². The number of carbonyl (C=O) groups is 2. The Balaban J connectivity index is 2.49. The fourth-order valence-corrected chi connectivity index (χ4v) is 2.24. The second-order valence-electron chi connectivity index (χ2n) is 5.07. The van der Waals surface area contributed by atoms with E-state index in [1.54, 1.807) is 48.6 Å². The van der Waals surface area contributed by atoms with Crippen LogP contribution in [0.15, 0.2) is 42.7 Å². The molecule has 0 saturated heterocycles. The minimum atomic E-state index is -1.05. The lowest BCUT2D eigenvalue weighted by atomic mass is 10.00. The number of hydrogen-bond donors (Lipinski definition) is 1. The topological polar surface area (TPSA) is 70.5 Å². The molecule has 1 N–H and O–H groups in total. The van der Waals surface area contributed by atoms with Gasteiger partial charge >= 0.3 is 5.97 Å². The molecule has 2 rings (SSSR count). The molecule has 1 heterocycles. The summed E-state index contributed by atoms with van der Waals surface area (Å²) < 4.78 is 0. The Bertz CT molecular complexity index is 684. The number of nitrogens with zero attached hydrogens (tertiary/aromatic N) is 2. The molecule has 0 saturated carbocycles. The van der Waals surface area contributed by atoms with Crippen molar-refractivity contribution < 1.29 is 14.7 Å². The van der Waals surface area contributed by atoms with Crippen molar-refractivity contribution in [3.8, 4) is 11.1 Å². The Hall–Kier alpha value is -2.69. The maximum Gasteiger partial charge on any atom is 0.335 e. The van der Waals surface area contributed by atoms with Crippen LogP contribution in [0.3, 0.4) is 0 Å². The van der Waals surface area contributed by atoms with E-state index in [1.165, 1.54) is 6.07 Å². The first-order valence-corrected chi connectivity index (χ1v) is 7.07. The molecule has 114 valence electrons. The van der Waals surface area contributed by atoms with E-state index < -0.39 is 5.97 Å². The van der Waals surface area contributed by atoms with Crippen molar-refractivity contribution >= 4 is 11.9 Å². The van der Waals surface area contributed by atoms with Crippen molar-refractivity contribution in [3.63, 3.8) is 0 Å². The van der Waals surface area contributed by atoms with Crippen molar-refractivity contribution in [2.75, 3.05) is 13.6 Å². The summed E-state index contributed by atoms with van der Waals surface area (Å²) in [4.78, 5) is 29.3. The number of hydrogen-bond acceptors (Lipinski definition) is 3. The van der Waals surface area contributed by atoms with Gasteiger partial charge in [-0.25, -0.2) is 4.79 Å². The van der Waals surface area contributed by atoms with E-state index in [0.717, 1.165) is 12.0 Å². The van der Waals surface area contributed by atoms with Gasteiger partial charge in [-0.3, -0.25) is 9.78 Å². The molecule has 0 spiro atoms. The highest BCUT2D eigenvalue weighted by Gasteiger charge is 2.16. The van der Waals surface area contributed by atoms with Crippen LogP contribution in [-0.4, -0.2) is 40.5 Å². The molecule has 1 amide bonds. The lowest BCUT2D eigenvalue weighted by Crippen LogP contribution is -2.27. The molecule has 5 heteroatoms. The third kappa shape index (κ3) is 3.49. The van der Waals surface area contributed by atoms with Crippen LogP contribution in [0.1, 0.15) is 34.1 Å². The van der Waals surface area contributed by atoms with Gasteiger partial charge < -0.3 is 10.0 Å². The number of aromatic carboxylic acids is 1. The number of aromatic nitrogens is 1. The largest absolute Gasteiger partial charge is 0.478 e. The average Bonchev–Trinajstić information content (AvgIpc) is 2.54. The van der Waals surface area contributed by atoms with Gasteiger partial charge in [0.05, 0.1) is 5.56 Å². The Morgan fingerprint density at radius 3 is 2.32 bits per heavy atom. The zero-order chi connectivity index (χ0) is 16.1. The quantitative estimate of drug-likeness (QED) is 0.921. The third-order valence-electron chi connectivity index (χ3n) is 3.35. The van der Waals surface area contributed by atoms with E-state index in [4.69, 9.17) is 0 Å². The molecule has 0 unspecified atom stereocenters. The number of pyridine rings is 1. The van der Waals surface area contributed by atoms with Gasteiger partial charge in [-0.1, -0.05) is 6.92 Å². The molecule has 2 aromatic rings. The summed E-state index contributed by atoms with van der Waals surface area (Å²) in [7, 11) is 1.71. The van der Waals surface area contributed by atoms with Crippen LogP contribution < -0.4 is 0 Å². The maximum absolute atomic E-state index is 12.4. The minimum absolute atomic E-state index is 0.0996. The van der Waals surface area contributed by atoms with Crippen LogP contribution in [0, 0.1) is 0 Å². The highest BCUT2D eigenvalue weighted by Crippen LogP contribution is 2.23. The Morgan fingerprint density at radius 1 is 1.09 bits per heavy atom. The normalized spacial score (nSPS) is 10.3. The summed E-state index contributed by atoms with van der Waals surface area (Å²) in [5.41, 5.74) is 1.99. The summed E-state index contributed by atoms with van der Waals surface area (Å²) in [6, 6.07) is 8.27. The lowest BCUT2D eigenvalue weighted by Gasteiger charge is -2.17. The molecular weight excluding hydrogens is 280 g/mol. The van der Waals surface area contributed by atoms with Gasteiger partial charge in [0.2, 0.25) is 0 Å². The number of rotatable bonds is 5. The van der Waals surface area contributed by atoms with E-state index in [0.29, 0.717) is 17.7 Å². The third-order valence-corrected chi connectivity index (χ3v) is 3.35. The van der Waals surface area contributed by atoms with Crippen molar-refractivity contribution in [1.82, 2.24) is 9.88 Å². The van der Waals surface area contributed by atoms with Crippen LogP contribution in [0.25, 0.3) is 11.1 Å². The number of amides is 1. The van der Waals surface area contributed by atoms with Gasteiger partial charge in [0.1, 0.15) is 0 Å². The minimum Gasteiger partial charge on any atom is -0.478 e. The van der Waals surface area contributed by atoms with E-state index in [-0.39, 0.29) is 11.5 Å². The summed E-state index contributed by atoms with van der Waals surface area (Å²) in [5.74, 6) is -1.23. The Kier molecular flexibility index (Phi) is 4.88. The molecule has 0 fully saturated rings. The number of carboxylic acid groups (broad SMARTS) is 1. The van der Waals surface area contributed by atoms with E-state index in [1.807, 2.05) is 6.92 Å². The van der Waals surface area contributed by atoms with Crippen LogP contribution in [0.4, 0.5) is 0 Å². The number of benzene rings is 1. The lowest BCUT2D eigenvalue weighted by molar-refractivity contribution is 0.0697. The predicted octanol–water partition coefficient (Wildman–Crippen LogP) is 2.93. The first kappa shape index (κ1) is 15.7. The predicted molar refractivity (Wildman–Crippen MR) is 83.9 cm³/mol. The zero-order valence-corrected chi connectivity index (χ0v) is 12.6. The molecule has 0 bridgehead atoms. The highest BCUT2D eigenvalue weighted by molar-refractivity contribution is 5.99. The first-order valence-electron chi connectivity index (χ1n) is 7.07. The highest BCUT2D eigenvalue weighted by atomic mass is 16.4. The summed E-state index contributed by atoms with van der Waals surface area (Å²) >= 11 is 0. The second-order valence-corrected chi connectivity index (χ2v) is 5.07. The average molecular weight is 298 g/mol. The SMILES string of the molecule is CCCN(C)C(=O)c1cc(C(=O)O)cc(-c2ccncc2)c1. The van der Waals surface area contributed by atoms with Crippen LogP contribution in [0.2, 0.25) is 0 Å². The Labute approximate surface area is 129 Å². The van der Waals surface area contributed by atoms with Crippen LogP contribution >= 0.6 is 0 Å². The molecule has 0 atom stereocenters. The number of carbonyl (C=O) groups excluding carboxylic acids is 1. The van der Waals surface area contributed by atoms with Crippen molar-refractivity contribution in [2.24, 2.45) is 0 Å². The first-order chi connectivity index (χ1) is 10.5. The summed E-state index contributed by atoms with van der Waals surface area (Å²) in [6.45, 7) is 2.61. The molecule has 0 radical (unpaired) electrons. The molecule has 0 aliphatic carbocycles. The molecule has 0 aliphatic heterocycles. The van der Waals surface area contributed by atoms with Gasteiger partial charge in [-0.2, -0.15) is 0 Å². The second kappa shape index (κ2) is 6.85.